The normalized spacial score (nSPS) is 14.1. The Kier molecular flexibility index (Phi) is 7.00. The Balaban J connectivity index is 1.39. The largest absolute Gasteiger partial charge is 0.478 e. The monoisotopic (exact) mass is 569 g/mol. The van der Waals surface area contributed by atoms with Gasteiger partial charge in [-0.05, 0) is 80.3 Å². The van der Waals surface area contributed by atoms with Crippen LogP contribution < -0.4 is 4.74 Å². The van der Waals surface area contributed by atoms with Gasteiger partial charge in [0, 0.05) is 44.9 Å². The van der Waals surface area contributed by atoms with Gasteiger partial charge in [0.15, 0.2) is 6.20 Å². The zero-order chi connectivity index (χ0) is 26.1. The van der Waals surface area contributed by atoms with E-state index in [1.165, 1.54) is 37.2 Å². The van der Waals surface area contributed by atoms with Gasteiger partial charge in [0.2, 0.25) is 5.75 Å². The highest BCUT2D eigenvalue weighted by Gasteiger charge is 2.24. The van der Waals surface area contributed by atoms with E-state index < -0.39 is 22.7 Å². The van der Waals surface area contributed by atoms with Gasteiger partial charge in [-0.15, -0.1) is 5.10 Å². The Morgan fingerprint density at radius 2 is 2.05 bits per heavy atom. The van der Waals surface area contributed by atoms with Crippen LogP contribution in [0, 0.1) is 21.8 Å². The van der Waals surface area contributed by atoms with E-state index in [4.69, 9.17) is 4.74 Å². The summed E-state index contributed by atoms with van der Waals surface area (Å²) in [5, 5.41) is 24.6. The zero-order valence-corrected chi connectivity index (χ0v) is 21.9. The molecule has 5 rings (SSSR count). The molecule has 1 unspecified atom stereocenters. The second-order valence-corrected chi connectivity index (χ2v) is 10.3. The fraction of sp³-hybridized carbons (Fsp3) is 0.360. The molecule has 1 aliphatic rings. The SMILES string of the molecule is CC(Oc1cc(Br)cnc1[N+](=O)[O-])c1cc(F)ccc1Cc1nn(C)cc1Cc1cn(CC2CC2)nn1. The lowest BCUT2D eigenvalue weighted by Crippen LogP contribution is -2.10. The average Bonchev–Trinajstić information content (AvgIpc) is 3.44. The van der Waals surface area contributed by atoms with Gasteiger partial charge in [0.25, 0.3) is 0 Å². The van der Waals surface area contributed by atoms with Crippen molar-refractivity contribution in [2.45, 2.75) is 45.3 Å². The number of hydrogen-bond acceptors (Lipinski definition) is 7. The van der Waals surface area contributed by atoms with E-state index in [0.29, 0.717) is 28.8 Å². The molecule has 4 aromatic rings. The highest BCUT2D eigenvalue weighted by atomic mass is 79.9. The van der Waals surface area contributed by atoms with Crippen LogP contribution in [0.5, 0.6) is 5.75 Å². The van der Waals surface area contributed by atoms with Crippen LogP contribution in [0.2, 0.25) is 0 Å². The number of aryl methyl sites for hydroxylation is 1. The van der Waals surface area contributed by atoms with Gasteiger partial charge in [0.05, 0.1) is 15.9 Å². The molecule has 37 heavy (non-hydrogen) atoms. The highest BCUT2D eigenvalue weighted by molar-refractivity contribution is 9.10. The number of nitro groups is 1. The van der Waals surface area contributed by atoms with Crippen molar-refractivity contribution in [3.8, 4) is 5.75 Å². The minimum absolute atomic E-state index is 0.00473. The summed E-state index contributed by atoms with van der Waals surface area (Å²) in [6.45, 7) is 2.62. The van der Waals surface area contributed by atoms with Gasteiger partial charge in [-0.3, -0.25) is 9.36 Å². The molecule has 3 aromatic heterocycles. The summed E-state index contributed by atoms with van der Waals surface area (Å²) in [5.74, 6) is -0.131. The lowest BCUT2D eigenvalue weighted by Gasteiger charge is -2.18. The average molecular weight is 570 g/mol. The Bertz CT molecular complexity index is 1450. The molecule has 1 aromatic carbocycles. The first-order valence-corrected chi connectivity index (χ1v) is 12.7. The minimum Gasteiger partial charge on any atom is -0.478 e. The van der Waals surface area contributed by atoms with Crippen molar-refractivity contribution in [1.29, 1.82) is 0 Å². The molecule has 0 N–H and O–H groups in total. The number of hydrogen-bond donors (Lipinski definition) is 0. The van der Waals surface area contributed by atoms with E-state index in [1.54, 1.807) is 17.7 Å². The predicted octanol–water partition coefficient (Wildman–Crippen LogP) is 4.95. The van der Waals surface area contributed by atoms with Crippen LogP contribution in [-0.2, 0) is 26.4 Å². The molecule has 0 aliphatic heterocycles. The third-order valence-electron chi connectivity index (χ3n) is 6.27. The van der Waals surface area contributed by atoms with E-state index in [-0.39, 0.29) is 5.75 Å². The van der Waals surface area contributed by atoms with Gasteiger partial charge in [-0.25, -0.2) is 4.39 Å². The first-order chi connectivity index (χ1) is 17.7. The molecule has 10 nitrogen and oxygen atoms in total. The van der Waals surface area contributed by atoms with Gasteiger partial charge < -0.3 is 14.9 Å². The van der Waals surface area contributed by atoms with Crippen LogP contribution >= 0.6 is 15.9 Å². The van der Waals surface area contributed by atoms with Crippen molar-refractivity contribution in [3.05, 3.63) is 91.3 Å². The lowest BCUT2D eigenvalue weighted by molar-refractivity contribution is -0.390. The molecule has 0 amide bonds. The fourth-order valence-electron chi connectivity index (χ4n) is 4.33. The summed E-state index contributed by atoms with van der Waals surface area (Å²) < 4.78 is 24.4. The zero-order valence-electron chi connectivity index (χ0n) is 20.3. The minimum atomic E-state index is -0.685. The summed E-state index contributed by atoms with van der Waals surface area (Å²) >= 11 is 3.27. The number of halogens is 2. The summed E-state index contributed by atoms with van der Waals surface area (Å²) in [6.07, 6.45) is 8.07. The number of aromatic nitrogens is 6. The Hall–Kier alpha value is -3.67. The lowest BCUT2D eigenvalue weighted by atomic mass is 9.97. The fourth-order valence-corrected chi connectivity index (χ4v) is 4.64. The topological polar surface area (TPSA) is 114 Å². The Labute approximate surface area is 220 Å². The summed E-state index contributed by atoms with van der Waals surface area (Å²) in [7, 11) is 1.85. The Morgan fingerprint density at radius 3 is 2.81 bits per heavy atom. The molecule has 1 atom stereocenters. The number of rotatable bonds is 10. The number of nitrogens with zero attached hydrogens (tertiary/aromatic N) is 7. The molecule has 192 valence electrons. The maximum Gasteiger partial charge on any atom is 0.406 e. The molecule has 0 saturated heterocycles. The molecule has 3 heterocycles. The molecular weight excluding hydrogens is 545 g/mol. The van der Waals surface area contributed by atoms with E-state index in [2.05, 4.69) is 36.3 Å². The van der Waals surface area contributed by atoms with Crippen LogP contribution in [0.1, 0.15) is 53.9 Å². The quantitative estimate of drug-likeness (QED) is 0.196. The maximum atomic E-state index is 14.3. The van der Waals surface area contributed by atoms with Gasteiger partial charge >= 0.3 is 5.82 Å². The van der Waals surface area contributed by atoms with Crippen molar-refractivity contribution >= 4 is 21.7 Å². The predicted molar refractivity (Wildman–Crippen MR) is 136 cm³/mol. The molecule has 0 radical (unpaired) electrons. The van der Waals surface area contributed by atoms with E-state index in [9.17, 15) is 14.5 Å². The van der Waals surface area contributed by atoms with Crippen LogP contribution in [0.15, 0.2) is 47.3 Å². The van der Waals surface area contributed by atoms with Crippen LogP contribution in [-0.4, -0.2) is 34.7 Å². The van der Waals surface area contributed by atoms with Crippen molar-refractivity contribution in [2.24, 2.45) is 13.0 Å². The third-order valence-corrected chi connectivity index (χ3v) is 6.71. The van der Waals surface area contributed by atoms with Crippen molar-refractivity contribution in [3.63, 3.8) is 0 Å². The second-order valence-electron chi connectivity index (χ2n) is 9.34. The van der Waals surface area contributed by atoms with E-state index in [0.717, 1.165) is 29.1 Å². The van der Waals surface area contributed by atoms with Gasteiger partial charge in [-0.1, -0.05) is 11.3 Å². The first-order valence-electron chi connectivity index (χ1n) is 11.9. The summed E-state index contributed by atoms with van der Waals surface area (Å²) in [5.41, 5.74) is 4.06. The van der Waals surface area contributed by atoms with Crippen molar-refractivity contribution < 1.29 is 14.1 Å². The molecule has 0 spiro atoms. The smallest absolute Gasteiger partial charge is 0.406 e. The summed E-state index contributed by atoms with van der Waals surface area (Å²) in [6, 6.07) is 5.96. The molecule has 12 heteroatoms. The molecule has 0 bridgehead atoms. The van der Waals surface area contributed by atoms with Crippen molar-refractivity contribution in [1.82, 2.24) is 29.8 Å². The molecular formula is C25H25BrFN7O3. The summed E-state index contributed by atoms with van der Waals surface area (Å²) in [4.78, 5) is 14.7. The van der Waals surface area contributed by atoms with Crippen LogP contribution in [0.25, 0.3) is 0 Å². The molecule has 1 aliphatic carbocycles. The maximum absolute atomic E-state index is 14.3. The molecule has 1 fully saturated rings. The highest BCUT2D eigenvalue weighted by Crippen LogP contribution is 2.33. The standard InChI is InChI=1S/C25H25BrFN7O3/c1-15(37-24-9-19(26)11-28-25(24)34(35)36)22-10-20(27)6-5-17(22)8-23-18(13-32(2)30-23)7-21-14-33(31-29-21)12-16-3-4-16/h5-6,9-11,13-16H,3-4,7-8,12H2,1-2H3. The van der Waals surface area contributed by atoms with Gasteiger partial charge in [0.1, 0.15) is 11.9 Å². The van der Waals surface area contributed by atoms with Crippen molar-refractivity contribution in [2.75, 3.05) is 0 Å². The molecule has 1 saturated carbocycles. The second kappa shape index (κ2) is 10.4. The number of benzene rings is 1. The van der Waals surface area contributed by atoms with Crippen LogP contribution in [0.3, 0.4) is 0 Å². The Morgan fingerprint density at radius 1 is 1.24 bits per heavy atom. The van der Waals surface area contributed by atoms with Crippen LogP contribution in [0.4, 0.5) is 10.2 Å². The number of pyridine rings is 1. The first kappa shape index (κ1) is 25.0. The number of ether oxygens (including phenoxy) is 1. The third kappa shape index (κ3) is 6.01. The van der Waals surface area contributed by atoms with E-state index >= 15 is 0 Å². The van der Waals surface area contributed by atoms with E-state index in [1.807, 2.05) is 24.1 Å². The van der Waals surface area contributed by atoms with Gasteiger partial charge in [-0.2, -0.15) is 5.10 Å².